The molecule has 15 heavy (non-hydrogen) atoms. The first-order chi connectivity index (χ1) is 7.04. The lowest BCUT2D eigenvalue weighted by Gasteiger charge is -2.20. The van der Waals surface area contributed by atoms with E-state index in [1.807, 2.05) is 25.8 Å². The Morgan fingerprint density at radius 2 is 2.33 bits per heavy atom. The molecule has 1 atom stereocenters. The molecule has 1 rings (SSSR count). The van der Waals surface area contributed by atoms with Gasteiger partial charge < -0.3 is 10.6 Å². The van der Waals surface area contributed by atoms with E-state index in [0.29, 0.717) is 6.54 Å². The summed E-state index contributed by atoms with van der Waals surface area (Å²) in [6, 6.07) is 2.18. The Balaban J connectivity index is 2.86. The molecule has 0 saturated carbocycles. The molecule has 0 saturated heterocycles. The minimum Gasteiger partial charge on any atom is -0.368 e. The van der Waals surface area contributed by atoms with Crippen molar-refractivity contribution in [3.8, 4) is 6.07 Å². The molecule has 0 aromatic carbocycles. The minimum absolute atomic E-state index is 0.0365. The molecule has 0 aliphatic carbocycles. The Morgan fingerprint density at radius 1 is 1.67 bits per heavy atom. The van der Waals surface area contributed by atoms with Gasteiger partial charge in [-0.1, -0.05) is 0 Å². The Labute approximate surface area is 89.6 Å². The van der Waals surface area contributed by atoms with E-state index in [9.17, 15) is 0 Å². The number of nitrogens with zero attached hydrogens (tertiary/aromatic N) is 4. The monoisotopic (exact) mass is 205 g/mol. The number of rotatable bonds is 3. The van der Waals surface area contributed by atoms with Crippen molar-refractivity contribution in [1.82, 2.24) is 9.97 Å². The predicted molar refractivity (Wildman–Crippen MR) is 59.2 cm³/mol. The van der Waals surface area contributed by atoms with Crippen LogP contribution in [0.4, 0.5) is 11.8 Å². The molecule has 0 bridgehead atoms. The molecule has 80 valence electrons. The highest BCUT2D eigenvalue weighted by Gasteiger charge is 2.10. The number of hydrogen-bond donors (Lipinski definition) is 1. The molecule has 0 radical (unpaired) electrons. The van der Waals surface area contributed by atoms with Gasteiger partial charge in [-0.05, 0) is 13.8 Å². The lowest BCUT2D eigenvalue weighted by Crippen LogP contribution is -2.25. The van der Waals surface area contributed by atoms with Gasteiger partial charge in [0.25, 0.3) is 0 Å². The fourth-order valence-corrected chi connectivity index (χ4v) is 1.37. The van der Waals surface area contributed by atoms with E-state index < -0.39 is 0 Å². The van der Waals surface area contributed by atoms with Crippen LogP contribution >= 0.6 is 0 Å². The summed E-state index contributed by atoms with van der Waals surface area (Å²) in [5.41, 5.74) is 6.47. The SMILES string of the molecule is Cc1cnc(N)nc1N(C)CC(C)C#N. The van der Waals surface area contributed by atoms with Crippen LogP contribution in [0.2, 0.25) is 0 Å². The minimum atomic E-state index is -0.0365. The first-order valence-electron chi connectivity index (χ1n) is 4.74. The topological polar surface area (TPSA) is 78.8 Å². The molecule has 1 heterocycles. The van der Waals surface area contributed by atoms with Gasteiger partial charge in [0.1, 0.15) is 5.82 Å². The molecule has 2 N–H and O–H groups in total. The first kappa shape index (κ1) is 11.2. The third-order valence-electron chi connectivity index (χ3n) is 2.09. The third-order valence-corrected chi connectivity index (χ3v) is 2.09. The van der Waals surface area contributed by atoms with Gasteiger partial charge in [-0.3, -0.25) is 0 Å². The second kappa shape index (κ2) is 4.60. The Kier molecular flexibility index (Phi) is 3.45. The van der Waals surface area contributed by atoms with E-state index in [4.69, 9.17) is 11.0 Å². The van der Waals surface area contributed by atoms with Crippen molar-refractivity contribution in [2.24, 2.45) is 5.92 Å². The van der Waals surface area contributed by atoms with Gasteiger partial charge in [-0.25, -0.2) is 4.98 Å². The lowest BCUT2D eigenvalue weighted by molar-refractivity contribution is 0.708. The second-order valence-corrected chi connectivity index (χ2v) is 3.65. The molecule has 0 aliphatic rings. The largest absolute Gasteiger partial charge is 0.368 e. The van der Waals surface area contributed by atoms with Crippen molar-refractivity contribution in [2.45, 2.75) is 13.8 Å². The maximum absolute atomic E-state index is 8.72. The number of nitriles is 1. The fraction of sp³-hybridized carbons (Fsp3) is 0.500. The van der Waals surface area contributed by atoms with Gasteiger partial charge in [0.15, 0.2) is 0 Å². The summed E-state index contributed by atoms with van der Waals surface area (Å²) >= 11 is 0. The maximum Gasteiger partial charge on any atom is 0.221 e. The number of nitrogen functional groups attached to an aromatic ring is 1. The molecule has 5 heteroatoms. The van der Waals surface area contributed by atoms with Gasteiger partial charge in [0.05, 0.1) is 12.0 Å². The van der Waals surface area contributed by atoms with Crippen LogP contribution < -0.4 is 10.6 Å². The number of aryl methyl sites for hydroxylation is 1. The van der Waals surface area contributed by atoms with Crippen molar-refractivity contribution < 1.29 is 0 Å². The normalized spacial score (nSPS) is 11.9. The zero-order valence-electron chi connectivity index (χ0n) is 9.23. The highest BCUT2D eigenvalue weighted by molar-refractivity contribution is 5.47. The lowest BCUT2D eigenvalue weighted by atomic mass is 10.2. The summed E-state index contributed by atoms with van der Waals surface area (Å²) in [5, 5.41) is 8.72. The molecule has 1 unspecified atom stereocenters. The number of hydrogen-bond acceptors (Lipinski definition) is 5. The zero-order chi connectivity index (χ0) is 11.4. The molecule has 1 aromatic heterocycles. The van der Waals surface area contributed by atoms with Crippen molar-refractivity contribution in [3.05, 3.63) is 11.8 Å². The van der Waals surface area contributed by atoms with Crippen molar-refractivity contribution in [2.75, 3.05) is 24.2 Å². The average Bonchev–Trinajstić information content (AvgIpc) is 2.21. The van der Waals surface area contributed by atoms with E-state index in [-0.39, 0.29) is 11.9 Å². The van der Waals surface area contributed by atoms with E-state index in [0.717, 1.165) is 11.4 Å². The van der Waals surface area contributed by atoms with E-state index in [1.165, 1.54) is 0 Å². The maximum atomic E-state index is 8.72. The summed E-state index contributed by atoms with van der Waals surface area (Å²) in [6.45, 7) is 4.42. The predicted octanol–water partition coefficient (Wildman–Crippen LogP) is 0.963. The zero-order valence-corrected chi connectivity index (χ0v) is 9.23. The third kappa shape index (κ3) is 2.81. The number of anilines is 2. The molecule has 5 nitrogen and oxygen atoms in total. The molecule has 0 aliphatic heterocycles. The van der Waals surface area contributed by atoms with E-state index in [2.05, 4.69) is 16.0 Å². The van der Waals surface area contributed by atoms with Gasteiger partial charge in [-0.15, -0.1) is 0 Å². The summed E-state index contributed by atoms with van der Waals surface area (Å²) in [6.07, 6.45) is 1.69. The van der Waals surface area contributed by atoms with Crippen LogP contribution in [-0.2, 0) is 0 Å². The van der Waals surface area contributed by atoms with Crippen LogP contribution in [0.15, 0.2) is 6.20 Å². The summed E-state index contributed by atoms with van der Waals surface area (Å²) in [4.78, 5) is 9.96. The highest BCUT2D eigenvalue weighted by atomic mass is 15.2. The number of aromatic nitrogens is 2. The molecular formula is C10H15N5. The van der Waals surface area contributed by atoms with Crippen molar-refractivity contribution in [3.63, 3.8) is 0 Å². The van der Waals surface area contributed by atoms with Crippen LogP contribution in [0.25, 0.3) is 0 Å². The van der Waals surface area contributed by atoms with Gasteiger partial charge in [0, 0.05) is 25.4 Å². The highest BCUT2D eigenvalue weighted by Crippen LogP contribution is 2.16. The number of nitrogens with two attached hydrogens (primary N) is 1. The molecular weight excluding hydrogens is 190 g/mol. The van der Waals surface area contributed by atoms with Crippen LogP contribution in [0.5, 0.6) is 0 Å². The van der Waals surface area contributed by atoms with E-state index >= 15 is 0 Å². The molecule has 0 amide bonds. The average molecular weight is 205 g/mol. The standard InChI is InChI=1S/C10H15N5/c1-7(4-11)6-15(3)9-8(2)5-13-10(12)14-9/h5,7H,6H2,1-3H3,(H2,12,13,14). The van der Waals surface area contributed by atoms with Crippen LogP contribution in [0.1, 0.15) is 12.5 Å². The summed E-state index contributed by atoms with van der Waals surface area (Å²) in [7, 11) is 1.89. The van der Waals surface area contributed by atoms with Gasteiger partial charge >= 0.3 is 0 Å². The Bertz CT molecular complexity index is 382. The molecule has 0 spiro atoms. The Morgan fingerprint density at radius 3 is 2.93 bits per heavy atom. The van der Waals surface area contributed by atoms with E-state index in [1.54, 1.807) is 6.20 Å². The molecule has 0 fully saturated rings. The first-order valence-corrected chi connectivity index (χ1v) is 4.74. The van der Waals surface area contributed by atoms with Crippen LogP contribution in [0.3, 0.4) is 0 Å². The van der Waals surface area contributed by atoms with Crippen molar-refractivity contribution >= 4 is 11.8 Å². The summed E-state index contributed by atoms with van der Waals surface area (Å²) < 4.78 is 0. The fourth-order valence-electron chi connectivity index (χ4n) is 1.37. The smallest absolute Gasteiger partial charge is 0.221 e. The van der Waals surface area contributed by atoms with Crippen LogP contribution in [0, 0.1) is 24.2 Å². The van der Waals surface area contributed by atoms with Gasteiger partial charge in [0.2, 0.25) is 5.95 Å². The Hall–Kier alpha value is -1.83. The van der Waals surface area contributed by atoms with Crippen LogP contribution in [-0.4, -0.2) is 23.6 Å². The quantitative estimate of drug-likeness (QED) is 0.795. The van der Waals surface area contributed by atoms with Gasteiger partial charge in [-0.2, -0.15) is 10.2 Å². The summed E-state index contributed by atoms with van der Waals surface area (Å²) in [5.74, 6) is 1.00. The van der Waals surface area contributed by atoms with Crippen molar-refractivity contribution in [1.29, 1.82) is 5.26 Å². The second-order valence-electron chi connectivity index (χ2n) is 3.65. The molecule has 1 aromatic rings.